The fraction of sp³-hybridized carbons (Fsp3) is 0.522. The second-order valence-corrected chi connectivity index (χ2v) is 8.72. The van der Waals surface area contributed by atoms with E-state index < -0.39 is 0 Å². The Hall–Kier alpha value is -2.21. The van der Waals surface area contributed by atoms with Crippen molar-refractivity contribution in [2.75, 3.05) is 26.2 Å². The number of thiazole rings is 1. The third-order valence-electron chi connectivity index (χ3n) is 5.40. The van der Waals surface area contributed by atoms with E-state index in [9.17, 15) is 9.59 Å². The number of hydrogen-bond donors (Lipinski definition) is 0. The SMILES string of the molecule is CCCCc1nc(C)c(C(=O)N2CCN(C(=O)CCCc3ccccc3)CC2)s1. The van der Waals surface area contributed by atoms with Gasteiger partial charge in [0.2, 0.25) is 5.91 Å². The van der Waals surface area contributed by atoms with Gasteiger partial charge in [-0.15, -0.1) is 11.3 Å². The highest BCUT2D eigenvalue weighted by Crippen LogP contribution is 2.22. The molecule has 0 unspecified atom stereocenters. The molecule has 2 heterocycles. The first-order chi connectivity index (χ1) is 14.1. The van der Waals surface area contributed by atoms with E-state index in [1.165, 1.54) is 16.9 Å². The smallest absolute Gasteiger partial charge is 0.265 e. The standard InChI is InChI=1S/C23H31N3O2S/c1-3-4-12-20-24-18(2)22(29-20)23(28)26-16-14-25(15-17-26)21(27)13-8-11-19-9-6-5-7-10-19/h5-7,9-10H,3-4,8,11-17H2,1-2H3. The van der Waals surface area contributed by atoms with Gasteiger partial charge in [-0.05, 0) is 38.2 Å². The number of aryl methyl sites for hydroxylation is 3. The Morgan fingerprint density at radius 2 is 1.69 bits per heavy atom. The maximum atomic E-state index is 12.9. The Morgan fingerprint density at radius 3 is 2.38 bits per heavy atom. The molecule has 0 spiro atoms. The zero-order valence-corrected chi connectivity index (χ0v) is 18.3. The highest BCUT2D eigenvalue weighted by molar-refractivity contribution is 7.13. The van der Waals surface area contributed by atoms with Crippen molar-refractivity contribution in [1.29, 1.82) is 0 Å². The third kappa shape index (κ3) is 5.89. The lowest BCUT2D eigenvalue weighted by atomic mass is 10.1. The Bertz CT molecular complexity index is 811. The van der Waals surface area contributed by atoms with Gasteiger partial charge in [0.05, 0.1) is 10.7 Å². The van der Waals surface area contributed by atoms with Crippen LogP contribution in [0.1, 0.15) is 58.5 Å². The summed E-state index contributed by atoms with van der Waals surface area (Å²) in [7, 11) is 0. The average Bonchev–Trinajstić information content (AvgIpc) is 3.13. The molecule has 0 atom stereocenters. The fourth-order valence-electron chi connectivity index (χ4n) is 3.63. The summed E-state index contributed by atoms with van der Waals surface area (Å²) in [4.78, 5) is 34.5. The minimum atomic E-state index is 0.0684. The zero-order chi connectivity index (χ0) is 20.6. The van der Waals surface area contributed by atoms with E-state index in [0.717, 1.165) is 47.7 Å². The first kappa shape index (κ1) is 21.5. The molecule has 156 valence electrons. The number of hydrogen-bond acceptors (Lipinski definition) is 4. The summed E-state index contributed by atoms with van der Waals surface area (Å²) < 4.78 is 0. The predicted octanol–water partition coefficient (Wildman–Crippen LogP) is 4.10. The zero-order valence-electron chi connectivity index (χ0n) is 17.5. The Kier molecular flexibility index (Phi) is 7.81. The molecule has 1 aliphatic heterocycles. The number of amides is 2. The van der Waals surface area contributed by atoms with Crippen LogP contribution < -0.4 is 0 Å². The summed E-state index contributed by atoms with van der Waals surface area (Å²) in [5.74, 6) is 0.266. The molecule has 1 aliphatic rings. The van der Waals surface area contributed by atoms with Crippen LogP contribution in [0.25, 0.3) is 0 Å². The molecular formula is C23H31N3O2S. The number of carbonyl (C=O) groups is 2. The second kappa shape index (κ2) is 10.5. The summed E-state index contributed by atoms with van der Waals surface area (Å²) in [6.45, 7) is 6.53. The highest BCUT2D eigenvalue weighted by atomic mass is 32.1. The molecule has 6 heteroatoms. The topological polar surface area (TPSA) is 53.5 Å². The van der Waals surface area contributed by atoms with Crippen molar-refractivity contribution in [2.24, 2.45) is 0 Å². The number of nitrogens with zero attached hydrogens (tertiary/aromatic N) is 3. The summed E-state index contributed by atoms with van der Waals surface area (Å²) in [6.07, 6.45) is 5.53. The molecule has 5 nitrogen and oxygen atoms in total. The van der Waals surface area contributed by atoms with Gasteiger partial charge in [-0.3, -0.25) is 9.59 Å². The Balaban J connectivity index is 1.45. The van der Waals surface area contributed by atoms with Gasteiger partial charge >= 0.3 is 0 Å². The molecule has 1 aromatic carbocycles. The molecule has 2 amide bonds. The van der Waals surface area contributed by atoms with E-state index in [1.807, 2.05) is 34.9 Å². The third-order valence-corrected chi connectivity index (χ3v) is 6.60. The van der Waals surface area contributed by atoms with Crippen LogP contribution in [-0.2, 0) is 17.6 Å². The summed E-state index contributed by atoms with van der Waals surface area (Å²) in [5, 5.41) is 1.06. The fourth-order valence-corrected chi connectivity index (χ4v) is 4.71. The van der Waals surface area contributed by atoms with Crippen molar-refractivity contribution < 1.29 is 9.59 Å². The normalized spacial score (nSPS) is 14.3. The molecule has 29 heavy (non-hydrogen) atoms. The predicted molar refractivity (Wildman–Crippen MR) is 117 cm³/mol. The molecule has 0 radical (unpaired) electrons. The van der Waals surface area contributed by atoms with E-state index in [1.54, 1.807) is 0 Å². The van der Waals surface area contributed by atoms with Crippen molar-refractivity contribution >= 4 is 23.2 Å². The van der Waals surface area contributed by atoms with Crippen molar-refractivity contribution in [3.05, 3.63) is 51.5 Å². The van der Waals surface area contributed by atoms with Gasteiger partial charge in [0.1, 0.15) is 4.88 Å². The van der Waals surface area contributed by atoms with E-state index in [4.69, 9.17) is 0 Å². The molecule has 3 rings (SSSR count). The number of benzene rings is 1. The number of piperazine rings is 1. The van der Waals surface area contributed by atoms with E-state index in [-0.39, 0.29) is 11.8 Å². The summed E-state index contributed by atoms with van der Waals surface area (Å²) >= 11 is 1.53. The van der Waals surface area contributed by atoms with Gasteiger partial charge in [0, 0.05) is 32.6 Å². The minimum Gasteiger partial charge on any atom is -0.339 e. The van der Waals surface area contributed by atoms with E-state index >= 15 is 0 Å². The molecule has 1 saturated heterocycles. The Labute approximate surface area is 177 Å². The van der Waals surface area contributed by atoms with Crippen LogP contribution in [0.4, 0.5) is 0 Å². The molecule has 0 aliphatic carbocycles. The first-order valence-corrected chi connectivity index (χ1v) is 11.5. The minimum absolute atomic E-state index is 0.0684. The van der Waals surface area contributed by atoms with Gasteiger partial charge in [0.15, 0.2) is 0 Å². The van der Waals surface area contributed by atoms with E-state index in [2.05, 4.69) is 24.0 Å². The van der Waals surface area contributed by atoms with Crippen LogP contribution in [0.2, 0.25) is 0 Å². The number of aromatic nitrogens is 1. The molecular weight excluding hydrogens is 382 g/mol. The van der Waals surface area contributed by atoms with E-state index in [0.29, 0.717) is 32.6 Å². The highest BCUT2D eigenvalue weighted by Gasteiger charge is 2.27. The number of rotatable bonds is 8. The summed E-state index contributed by atoms with van der Waals surface area (Å²) in [5.41, 5.74) is 2.11. The monoisotopic (exact) mass is 413 g/mol. The van der Waals surface area contributed by atoms with Crippen molar-refractivity contribution in [3.8, 4) is 0 Å². The largest absolute Gasteiger partial charge is 0.339 e. The lowest BCUT2D eigenvalue weighted by molar-refractivity contribution is -0.132. The molecule has 1 fully saturated rings. The molecule has 1 aromatic heterocycles. The van der Waals surface area contributed by atoms with Gasteiger partial charge in [0.25, 0.3) is 5.91 Å². The lowest BCUT2D eigenvalue weighted by Crippen LogP contribution is -2.50. The lowest BCUT2D eigenvalue weighted by Gasteiger charge is -2.34. The van der Waals surface area contributed by atoms with Gasteiger partial charge in [-0.25, -0.2) is 4.98 Å². The quantitative estimate of drug-likeness (QED) is 0.655. The molecule has 0 saturated carbocycles. The van der Waals surface area contributed by atoms with Gasteiger partial charge in [-0.2, -0.15) is 0 Å². The number of unbranched alkanes of at least 4 members (excludes halogenated alkanes) is 1. The molecule has 2 aromatic rings. The first-order valence-electron chi connectivity index (χ1n) is 10.7. The van der Waals surface area contributed by atoms with Crippen LogP contribution in [-0.4, -0.2) is 52.8 Å². The van der Waals surface area contributed by atoms with Crippen molar-refractivity contribution in [2.45, 2.75) is 52.4 Å². The van der Waals surface area contributed by atoms with Gasteiger partial charge < -0.3 is 9.80 Å². The van der Waals surface area contributed by atoms with Crippen molar-refractivity contribution in [3.63, 3.8) is 0 Å². The maximum absolute atomic E-state index is 12.9. The van der Waals surface area contributed by atoms with Crippen LogP contribution in [0.3, 0.4) is 0 Å². The van der Waals surface area contributed by atoms with Crippen molar-refractivity contribution in [1.82, 2.24) is 14.8 Å². The van der Waals surface area contributed by atoms with Gasteiger partial charge in [-0.1, -0.05) is 43.7 Å². The van der Waals surface area contributed by atoms with Crippen LogP contribution in [0, 0.1) is 6.92 Å². The maximum Gasteiger partial charge on any atom is 0.265 e. The summed E-state index contributed by atoms with van der Waals surface area (Å²) in [6, 6.07) is 10.3. The second-order valence-electron chi connectivity index (χ2n) is 7.64. The van der Waals surface area contributed by atoms with Crippen LogP contribution in [0.5, 0.6) is 0 Å². The molecule has 0 N–H and O–H groups in total. The van der Waals surface area contributed by atoms with Crippen LogP contribution in [0.15, 0.2) is 30.3 Å². The average molecular weight is 414 g/mol. The Morgan fingerprint density at radius 1 is 1.00 bits per heavy atom. The number of carbonyl (C=O) groups excluding carboxylic acids is 2. The molecule has 0 bridgehead atoms. The van der Waals surface area contributed by atoms with Crippen LogP contribution >= 0.6 is 11.3 Å².